The minimum Gasteiger partial charge on any atom is -0.455 e. The van der Waals surface area contributed by atoms with Crippen molar-refractivity contribution in [3.63, 3.8) is 0 Å². The summed E-state index contributed by atoms with van der Waals surface area (Å²) < 4.78 is 5.94. The van der Waals surface area contributed by atoms with E-state index in [-0.39, 0.29) is 11.3 Å². The Hall–Kier alpha value is -3.09. The predicted molar refractivity (Wildman–Crippen MR) is 107 cm³/mol. The number of nitrogens with one attached hydrogen (secondary N) is 2. The fourth-order valence-corrected chi connectivity index (χ4v) is 3.59. The molecule has 0 bridgehead atoms. The monoisotopic (exact) mass is 382 g/mol. The summed E-state index contributed by atoms with van der Waals surface area (Å²) in [7, 11) is 0. The molecule has 0 unspecified atom stereocenters. The number of urea groups is 1. The van der Waals surface area contributed by atoms with Crippen molar-refractivity contribution in [2.75, 3.05) is 6.54 Å². The molecule has 0 fully saturated rings. The lowest BCUT2D eigenvalue weighted by molar-refractivity contribution is 0.0922. The average molecular weight is 382 g/mol. The highest BCUT2D eigenvalue weighted by molar-refractivity contribution is 6.07. The van der Waals surface area contributed by atoms with Crippen LogP contribution >= 0.6 is 0 Å². The van der Waals surface area contributed by atoms with Gasteiger partial charge in [0.25, 0.3) is 5.91 Å². The van der Waals surface area contributed by atoms with E-state index in [9.17, 15) is 9.59 Å². The molecular formula is C21H26N4O3. The molecule has 2 aromatic rings. The Morgan fingerprint density at radius 3 is 2.61 bits per heavy atom. The highest BCUT2D eigenvalue weighted by Crippen LogP contribution is 2.38. The van der Waals surface area contributed by atoms with Crippen LogP contribution < -0.4 is 16.5 Å². The number of benzene rings is 1. The van der Waals surface area contributed by atoms with E-state index in [1.54, 1.807) is 0 Å². The Bertz CT molecular complexity index is 913. The number of carbonyl (C=O) groups excluding carboxylic acids is 2. The topological polar surface area (TPSA) is 110 Å². The van der Waals surface area contributed by atoms with Crippen molar-refractivity contribution in [1.82, 2.24) is 10.7 Å². The standard InChI is InChI=1S/C21H26N4O3/c1-13-17-15(24-25-20(22)27)11-21(2,3)12-16(17)28-18(13)19(26)23-10-9-14-7-5-4-6-8-14/h4-8H,9-12H2,1-3H3,(H,23,26)(H3,22,25,27)/b24-15-. The lowest BCUT2D eigenvalue weighted by atomic mass is 9.75. The molecule has 4 N–H and O–H groups in total. The number of primary amides is 1. The molecular weight excluding hydrogens is 356 g/mol. The Morgan fingerprint density at radius 2 is 1.93 bits per heavy atom. The average Bonchev–Trinajstić information content (AvgIpc) is 2.95. The normalized spacial score (nSPS) is 16.5. The van der Waals surface area contributed by atoms with Crippen molar-refractivity contribution in [3.8, 4) is 0 Å². The molecule has 0 aliphatic heterocycles. The fourth-order valence-electron chi connectivity index (χ4n) is 3.59. The lowest BCUT2D eigenvalue weighted by Crippen LogP contribution is -2.31. The minimum absolute atomic E-state index is 0.101. The predicted octanol–water partition coefficient (Wildman–Crippen LogP) is 2.91. The first-order valence-electron chi connectivity index (χ1n) is 9.33. The molecule has 0 saturated heterocycles. The van der Waals surface area contributed by atoms with E-state index in [4.69, 9.17) is 10.2 Å². The van der Waals surface area contributed by atoms with Gasteiger partial charge in [0.2, 0.25) is 0 Å². The molecule has 0 radical (unpaired) electrons. The van der Waals surface area contributed by atoms with Crippen molar-refractivity contribution in [2.24, 2.45) is 16.3 Å². The Labute approximate surface area is 164 Å². The van der Waals surface area contributed by atoms with Crippen LogP contribution in [0.2, 0.25) is 0 Å². The molecule has 1 aromatic heterocycles. The van der Waals surface area contributed by atoms with Crippen LogP contribution in [0.1, 0.15) is 53.3 Å². The number of carbonyl (C=O) groups is 2. The van der Waals surface area contributed by atoms with E-state index in [0.29, 0.717) is 36.6 Å². The maximum absolute atomic E-state index is 12.7. The van der Waals surface area contributed by atoms with Gasteiger partial charge in [-0.25, -0.2) is 10.2 Å². The molecule has 0 atom stereocenters. The van der Waals surface area contributed by atoms with Gasteiger partial charge in [0.05, 0.1) is 5.71 Å². The van der Waals surface area contributed by atoms with Crippen LogP contribution in [0.3, 0.4) is 0 Å². The second-order valence-electron chi connectivity index (χ2n) is 7.90. The van der Waals surface area contributed by atoms with E-state index in [1.165, 1.54) is 0 Å². The molecule has 148 valence electrons. The van der Waals surface area contributed by atoms with E-state index in [2.05, 4.69) is 29.7 Å². The summed E-state index contributed by atoms with van der Waals surface area (Å²) >= 11 is 0. The Morgan fingerprint density at radius 1 is 1.21 bits per heavy atom. The van der Waals surface area contributed by atoms with E-state index in [0.717, 1.165) is 23.1 Å². The molecule has 7 heteroatoms. The van der Waals surface area contributed by atoms with Gasteiger partial charge >= 0.3 is 6.03 Å². The summed E-state index contributed by atoms with van der Waals surface area (Å²) in [5, 5.41) is 7.08. The van der Waals surface area contributed by atoms with Crippen LogP contribution in [0.5, 0.6) is 0 Å². The van der Waals surface area contributed by atoms with Gasteiger partial charge in [-0.2, -0.15) is 5.10 Å². The fraction of sp³-hybridized carbons (Fsp3) is 0.381. The molecule has 1 aliphatic carbocycles. The third-order valence-electron chi connectivity index (χ3n) is 4.84. The van der Waals surface area contributed by atoms with E-state index in [1.807, 2.05) is 37.3 Å². The molecule has 0 spiro atoms. The molecule has 28 heavy (non-hydrogen) atoms. The molecule has 0 saturated carbocycles. The third-order valence-corrected chi connectivity index (χ3v) is 4.84. The van der Waals surface area contributed by atoms with Gasteiger partial charge in [-0.3, -0.25) is 4.79 Å². The number of fused-ring (bicyclic) bond motifs is 1. The molecule has 1 heterocycles. The number of hydrazone groups is 1. The van der Waals surface area contributed by atoms with Crippen LogP contribution in [-0.4, -0.2) is 24.2 Å². The zero-order chi connectivity index (χ0) is 20.3. The Kier molecular flexibility index (Phi) is 5.53. The second kappa shape index (κ2) is 7.88. The number of hydrogen-bond acceptors (Lipinski definition) is 4. The minimum atomic E-state index is -0.725. The van der Waals surface area contributed by atoms with E-state index >= 15 is 0 Å². The Balaban J connectivity index is 1.79. The summed E-state index contributed by atoms with van der Waals surface area (Å²) in [5.41, 5.74) is 10.7. The van der Waals surface area contributed by atoms with Gasteiger partial charge in [0, 0.05) is 24.1 Å². The molecule has 1 aliphatic rings. The number of furan rings is 1. The summed E-state index contributed by atoms with van der Waals surface area (Å²) in [6.45, 7) is 6.54. The van der Waals surface area contributed by atoms with Crippen molar-refractivity contribution >= 4 is 17.6 Å². The number of amides is 3. The van der Waals surface area contributed by atoms with Crippen LogP contribution in [0.4, 0.5) is 4.79 Å². The lowest BCUT2D eigenvalue weighted by Gasteiger charge is -2.29. The van der Waals surface area contributed by atoms with Gasteiger partial charge in [0.15, 0.2) is 5.76 Å². The number of hydrogen-bond donors (Lipinski definition) is 3. The van der Waals surface area contributed by atoms with Gasteiger partial charge in [-0.1, -0.05) is 44.2 Å². The SMILES string of the molecule is Cc1c(C(=O)NCCc2ccccc2)oc2c1/C(=N\NC(N)=O)CC(C)(C)C2. The van der Waals surface area contributed by atoms with Gasteiger partial charge in [0.1, 0.15) is 5.76 Å². The van der Waals surface area contributed by atoms with E-state index < -0.39 is 6.03 Å². The van der Waals surface area contributed by atoms with Crippen molar-refractivity contribution in [1.29, 1.82) is 0 Å². The number of nitrogens with zero attached hydrogens (tertiary/aromatic N) is 1. The molecule has 7 nitrogen and oxygen atoms in total. The number of nitrogens with two attached hydrogens (primary N) is 1. The first kappa shape index (κ1) is 19.7. The highest BCUT2D eigenvalue weighted by Gasteiger charge is 2.36. The van der Waals surface area contributed by atoms with Crippen LogP contribution in [0.15, 0.2) is 39.9 Å². The summed E-state index contributed by atoms with van der Waals surface area (Å²) in [6.07, 6.45) is 2.08. The maximum atomic E-state index is 12.7. The van der Waals surface area contributed by atoms with Crippen molar-refractivity contribution < 1.29 is 14.0 Å². The van der Waals surface area contributed by atoms with Crippen LogP contribution in [0.25, 0.3) is 0 Å². The zero-order valence-electron chi connectivity index (χ0n) is 16.5. The smallest absolute Gasteiger partial charge is 0.332 e. The van der Waals surface area contributed by atoms with Gasteiger partial charge < -0.3 is 15.5 Å². The largest absolute Gasteiger partial charge is 0.455 e. The summed E-state index contributed by atoms with van der Waals surface area (Å²) in [6, 6.07) is 9.25. The molecule has 3 amide bonds. The van der Waals surface area contributed by atoms with Crippen molar-refractivity contribution in [3.05, 3.63) is 58.5 Å². The molecule has 1 aromatic carbocycles. The van der Waals surface area contributed by atoms with Crippen LogP contribution in [-0.2, 0) is 12.8 Å². The first-order valence-corrected chi connectivity index (χ1v) is 9.33. The van der Waals surface area contributed by atoms with Gasteiger partial charge in [-0.15, -0.1) is 0 Å². The third kappa shape index (κ3) is 4.42. The first-order chi connectivity index (χ1) is 13.3. The summed E-state index contributed by atoms with van der Waals surface area (Å²) in [4.78, 5) is 23.7. The summed E-state index contributed by atoms with van der Waals surface area (Å²) in [5.74, 6) is 0.761. The van der Waals surface area contributed by atoms with Gasteiger partial charge in [-0.05, 0) is 30.7 Å². The quantitative estimate of drug-likeness (QED) is 0.692. The molecule has 3 rings (SSSR count). The number of rotatable bonds is 5. The zero-order valence-corrected chi connectivity index (χ0v) is 16.5. The highest BCUT2D eigenvalue weighted by atomic mass is 16.4. The maximum Gasteiger partial charge on any atom is 0.332 e. The van der Waals surface area contributed by atoms with Crippen LogP contribution in [0, 0.1) is 12.3 Å². The second-order valence-corrected chi connectivity index (χ2v) is 7.90. The van der Waals surface area contributed by atoms with Crippen molar-refractivity contribution in [2.45, 2.75) is 40.0 Å².